The molecule has 0 bridgehead atoms. The summed E-state index contributed by atoms with van der Waals surface area (Å²) in [7, 11) is -3.11. The normalized spacial score (nSPS) is 35.3. The first-order valence-corrected chi connectivity index (χ1v) is 5.88. The predicted octanol–water partition coefficient (Wildman–Crippen LogP) is 1.56. The van der Waals surface area contributed by atoms with E-state index in [9.17, 15) is 12.8 Å². The third kappa shape index (κ3) is 1.63. The van der Waals surface area contributed by atoms with E-state index in [-0.39, 0.29) is 17.9 Å². The van der Waals surface area contributed by atoms with E-state index < -0.39 is 20.9 Å². The quantitative estimate of drug-likeness (QED) is 0.586. The van der Waals surface area contributed by atoms with E-state index in [1.807, 2.05) is 0 Å². The van der Waals surface area contributed by atoms with E-state index in [2.05, 4.69) is 0 Å². The molecule has 0 amide bonds. The van der Waals surface area contributed by atoms with Gasteiger partial charge in [-0.1, -0.05) is 20.8 Å². The van der Waals surface area contributed by atoms with E-state index >= 15 is 0 Å². The van der Waals surface area contributed by atoms with Crippen molar-refractivity contribution in [2.24, 2.45) is 5.41 Å². The van der Waals surface area contributed by atoms with E-state index in [0.29, 0.717) is 0 Å². The lowest BCUT2D eigenvalue weighted by Gasteiger charge is -2.32. The zero-order valence-electron chi connectivity index (χ0n) is 7.72. The van der Waals surface area contributed by atoms with Gasteiger partial charge < -0.3 is 0 Å². The zero-order chi connectivity index (χ0) is 9.62. The van der Waals surface area contributed by atoms with Crippen LogP contribution in [-0.4, -0.2) is 25.6 Å². The Labute approximate surface area is 73.1 Å². The average molecular weight is 194 g/mol. The molecule has 12 heavy (non-hydrogen) atoms. The molecule has 0 N–H and O–H groups in total. The molecule has 0 aromatic rings. The summed E-state index contributed by atoms with van der Waals surface area (Å²) in [6.07, 6.45) is 0.152. The van der Waals surface area contributed by atoms with Crippen LogP contribution in [0.15, 0.2) is 0 Å². The number of rotatable bonds is 0. The van der Waals surface area contributed by atoms with Crippen LogP contribution in [0.4, 0.5) is 4.39 Å². The van der Waals surface area contributed by atoms with Crippen LogP contribution in [0.3, 0.4) is 0 Å². The smallest absolute Gasteiger partial charge is 0.153 e. The van der Waals surface area contributed by atoms with Crippen molar-refractivity contribution < 1.29 is 12.8 Å². The molecule has 1 aliphatic heterocycles. The van der Waals surface area contributed by atoms with E-state index in [4.69, 9.17) is 0 Å². The van der Waals surface area contributed by atoms with Crippen LogP contribution < -0.4 is 0 Å². The highest BCUT2D eigenvalue weighted by molar-refractivity contribution is 7.91. The average Bonchev–Trinajstić information content (AvgIpc) is 2.05. The second kappa shape index (κ2) is 2.44. The van der Waals surface area contributed by atoms with Gasteiger partial charge in [-0.05, 0) is 11.8 Å². The molecule has 1 rings (SSSR count). The first-order valence-electron chi connectivity index (χ1n) is 4.06. The highest BCUT2D eigenvalue weighted by Crippen LogP contribution is 2.42. The van der Waals surface area contributed by atoms with Gasteiger partial charge >= 0.3 is 0 Å². The Kier molecular flexibility index (Phi) is 2.02. The minimum absolute atomic E-state index is 0.000764. The van der Waals surface area contributed by atoms with Crippen LogP contribution in [0.1, 0.15) is 27.2 Å². The topological polar surface area (TPSA) is 34.1 Å². The Morgan fingerprint density at radius 2 is 1.83 bits per heavy atom. The van der Waals surface area contributed by atoms with Crippen LogP contribution >= 0.6 is 0 Å². The van der Waals surface area contributed by atoms with Gasteiger partial charge in [-0.2, -0.15) is 0 Å². The second-order valence-corrected chi connectivity index (χ2v) is 6.74. The lowest BCUT2D eigenvalue weighted by atomic mass is 9.78. The molecule has 0 aromatic carbocycles. The van der Waals surface area contributed by atoms with Gasteiger partial charge in [0.1, 0.15) is 5.67 Å². The molecular formula is C8H15FO2S. The van der Waals surface area contributed by atoms with E-state index in [1.54, 1.807) is 20.8 Å². The fourth-order valence-electron chi connectivity index (χ4n) is 1.40. The summed E-state index contributed by atoms with van der Waals surface area (Å²) in [6, 6.07) is 0. The van der Waals surface area contributed by atoms with Gasteiger partial charge in [0.25, 0.3) is 0 Å². The second-order valence-electron chi connectivity index (χ2n) is 4.56. The van der Waals surface area contributed by atoms with Crippen molar-refractivity contribution in [1.29, 1.82) is 0 Å². The fraction of sp³-hybridized carbons (Fsp3) is 1.00. The Morgan fingerprint density at radius 1 is 1.33 bits per heavy atom. The number of hydrogen-bond donors (Lipinski definition) is 0. The standard InChI is InChI=1S/C8H15FO2S/c1-7(2,3)8(9)4-5-12(10,11)6-8/h4-6H2,1-3H3. The Balaban J connectivity index is 2.93. The Morgan fingerprint density at radius 3 is 2.00 bits per heavy atom. The van der Waals surface area contributed by atoms with Crippen molar-refractivity contribution in [3.05, 3.63) is 0 Å². The van der Waals surface area contributed by atoms with Crippen LogP contribution in [0.25, 0.3) is 0 Å². The molecular weight excluding hydrogens is 179 g/mol. The highest BCUT2D eigenvalue weighted by atomic mass is 32.2. The van der Waals surface area contributed by atoms with Crippen molar-refractivity contribution in [2.75, 3.05) is 11.5 Å². The number of halogens is 1. The van der Waals surface area contributed by atoms with Crippen molar-refractivity contribution in [2.45, 2.75) is 32.9 Å². The summed E-state index contributed by atoms with van der Waals surface area (Å²) in [5, 5.41) is 0. The summed E-state index contributed by atoms with van der Waals surface area (Å²) in [6.45, 7) is 5.23. The number of sulfone groups is 1. The summed E-state index contributed by atoms with van der Waals surface area (Å²) < 4.78 is 36.0. The van der Waals surface area contributed by atoms with Gasteiger partial charge in [0.05, 0.1) is 11.5 Å². The Hall–Kier alpha value is -0.120. The molecule has 1 aliphatic rings. The van der Waals surface area contributed by atoms with Gasteiger partial charge in [-0.15, -0.1) is 0 Å². The highest BCUT2D eigenvalue weighted by Gasteiger charge is 2.50. The molecule has 0 aliphatic carbocycles. The van der Waals surface area contributed by atoms with Crippen molar-refractivity contribution in [1.82, 2.24) is 0 Å². The predicted molar refractivity (Wildman–Crippen MR) is 46.6 cm³/mol. The van der Waals surface area contributed by atoms with Gasteiger partial charge in [0, 0.05) is 0 Å². The monoisotopic (exact) mass is 194 g/mol. The maximum absolute atomic E-state index is 13.9. The first-order chi connectivity index (χ1) is 5.16. The molecule has 1 unspecified atom stereocenters. The molecule has 1 fully saturated rings. The summed E-state index contributed by atoms with van der Waals surface area (Å²) in [5.74, 6) is -0.301. The molecule has 72 valence electrons. The van der Waals surface area contributed by atoms with Crippen molar-refractivity contribution >= 4 is 9.84 Å². The van der Waals surface area contributed by atoms with Crippen molar-refractivity contribution in [3.8, 4) is 0 Å². The molecule has 0 radical (unpaired) electrons. The maximum atomic E-state index is 13.9. The lowest BCUT2D eigenvalue weighted by molar-refractivity contribution is 0.0560. The number of hydrogen-bond acceptors (Lipinski definition) is 2. The first kappa shape index (κ1) is 9.96. The molecule has 0 saturated carbocycles. The van der Waals surface area contributed by atoms with Gasteiger partial charge in [0.15, 0.2) is 9.84 Å². The SMILES string of the molecule is CC(C)(C)C1(F)CCS(=O)(=O)C1. The molecule has 1 saturated heterocycles. The van der Waals surface area contributed by atoms with Gasteiger partial charge in [-0.3, -0.25) is 0 Å². The van der Waals surface area contributed by atoms with Crippen LogP contribution in [0.2, 0.25) is 0 Å². The van der Waals surface area contributed by atoms with Crippen LogP contribution in [-0.2, 0) is 9.84 Å². The Bertz CT molecular complexity index is 276. The molecule has 0 spiro atoms. The van der Waals surface area contributed by atoms with Gasteiger partial charge in [-0.25, -0.2) is 12.8 Å². The third-order valence-electron chi connectivity index (χ3n) is 2.60. The lowest BCUT2D eigenvalue weighted by Crippen LogP contribution is -2.39. The molecule has 1 heterocycles. The summed E-state index contributed by atoms with van der Waals surface area (Å²) in [5.41, 5.74) is -2.09. The van der Waals surface area contributed by atoms with Gasteiger partial charge in [0.2, 0.25) is 0 Å². The third-order valence-corrected chi connectivity index (χ3v) is 4.33. The molecule has 0 aromatic heterocycles. The van der Waals surface area contributed by atoms with E-state index in [1.165, 1.54) is 0 Å². The number of alkyl halides is 1. The minimum Gasteiger partial charge on any atom is -0.242 e. The maximum Gasteiger partial charge on any atom is 0.153 e. The molecule has 1 atom stereocenters. The molecule has 4 heteroatoms. The zero-order valence-corrected chi connectivity index (χ0v) is 8.54. The molecule has 2 nitrogen and oxygen atoms in total. The van der Waals surface area contributed by atoms with Crippen LogP contribution in [0.5, 0.6) is 0 Å². The van der Waals surface area contributed by atoms with Crippen LogP contribution in [0, 0.1) is 5.41 Å². The fourth-order valence-corrected chi connectivity index (χ4v) is 3.46. The summed E-state index contributed by atoms with van der Waals surface area (Å²) in [4.78, 5) is 0. The van der Waals surface area contributed by atoms with Crippen molar-refractivity contribution in [3.63, 3.8) is 0 Å². The minimum atomic E-state index is -3.11. The summed E-state index contributed by atoms with van der Waals surface area (Å²) >= 11 is 0. The van der Waals surface area contributed by atoms with E-state index in [0.717, 1.165) is 0 Å². The largest absolute Gasteiger partial charge is 0.242 e.